The van der Waals surface area contributed by atoms with Gasteiger partial charge in [0.1, 0.15) is 24.2 Å². The lowest BCUT2D eigenvalue weighted by molar-refractivity contribution is -0.143. The maximum absolute atomic E-state index is 13.0. The van der Waals surface area contributed by atoms with Gasteiger partial charge < -0.3 is 48.7 Å². The Morgan fingerprint density at radius 1 is 1.09 bits per heavy atom. The highest BCUT2D eigenvalue weighted by Gasteiger charge is 2.38. The molecule has 0 bridgehead atoms. The van der Waals surface area contributed by atoms with Crippen LogP contribution in [0.25, 0.3) is 0 Å². The van der Waals surface area contributed by atoms with Crippen molar-refractivity contribution >= 4 is 35.6 Å². The number of carbonyl (C=O) groups excluding carboxylic acids is 4. The average molecular weight is 501 g/mol. The first-order valence-corrected chi connectivity index (χ1v) is 11.3. The molecule has 12 N–H and O–H groups in total. The number of aliphatic hydroxyl groups is 1. The number of aliphatic hydroxyl groups excluding tert-OH is 1. The summed E-state index contributed by atoms with van der Waals surface area (Å²) in [7, 11) is 0. The Morgan fingerprint density at radius 3 is 2.29 bits per heavy atom. The smallest absolute Gasteiger partial charge is 0.326 e. The second-order valence-corrected chi connectivity index (χ2v) is 8.37. The molecule has 0 radical (unpaired) electrons. The van der Waals surface area contributed by atoms with Crippen LogP contribution in [-0.4, -0.2) is 94.0 Å². The van der Waals surface area contributed by atoms with Gasteiger partial charge in [-0.25, -0.2) is 4.79 Å². The minimum atomic E-state index is -1.40. The molecule has 1 saturated heterocycles. The Balaban J connectivity index is 2.97. The predicted octanol–water partition coefficient (Wildman–Crippen LogP) is -3.94. The minimum absolute atomic E-state index is 0.0599. The summed E-state index contributed by atoms with van der Waals surface area (Å²) in [6.45, 7) is 1.78. The molecule has 0 aromatic carbocycles. The summed E-state index contributed by atoms with van der Waals surface area (Å²) in [5.41, 5.74) is 21.4. The molecule has 0 aromatic heterocycles. The zero-order valence-corrected chi connectivity index (χ0v) is 19.7. The Labute approximate surface area is 202 Å². The Kier molecular flexibility index (Phi) is 11.9. The van der Waals surface area contributed by atoms with E-state index in [1.807, 2.05) is 0 Å². The van der Waals surface area contributed by atoms with E-state index in [1.165, 1.54) is 11.8 Å². The van der Waals surface area contributed by atoms with E-state index in [9.17, 15) is 34.2 Å². The maximum atomic E-state index is 13.0. The molecule has 15 nitrogen and oxygen atoms in total. The van der Waals surface area contributed by atoms with Crippen molar-refractivity contribution < 1.29 is 34.2 Å². The first-order valence-electron chi connectivity index (χ1n) is 11.3. The van der Waals surface area contributed by atoms with Crippen molar-refractivity contribution in [3.63, 3.8) is 0 Å². The standard InChI is InChI=1S/C20H36N8O7/c1-10(29)15(22)18(33)28-9-3-5-13(28)17(32)26-11(4-2-8-25-20(23)24)16(31)27-12(19(34)35)6-7-14(21)30/h10-13,15,29H,2-9,22H2,1H3,(H2,21,30)(H,26,32)(H,27,31)(H,34,35)(H4,23,24,25). The molecule has 0 spiro atoms. The molecule has 0 aliphatic carbocycles. The van der Waals surface area contributed by atoms with Gasteiger partial charge in [-0.1, -0.05) is 0 Å². The van der Waals surface area contributed by atoms with Crippen molar-refractivity contribution in [1.82, 2.24) is 15.5 Å². The molecule has 198 valence electrons. The number of carbonyl (C=O) groups is 5. The number of nitrogens with two attached hydrogens (primary N) is 4. The van der Waals surface area contributed by atoms with E-state index in [1.54, 1.807) is 0 Å². The van der Waals surface area contributed by atoms with Gasteiger partial charge in [-0.05, 0) is 39.0 Å². The number of primary amides is 1. The number of aliphatic carboxylic acids is 1. The van der Waals surface area contributed by atoms with Gasteiger partial charge >= 0.3 is 5.97 Å². The highest BCUT2D eigenvalue weighted by molar-refractivity contribution is 5.94. The highest BCUT2D eigenvalue weighted by atomic mass is 16.4. The molecule has 5 atom stereocenters. The van der Waals surface area contributed by atoms with Crippen LogP contribution in [-0.2, 0) is 24.0 Å². The van der Waals surface area contributed by atoms with Crippen molar-refractivity contribution in [2.24, 2.45) is 27.9 Å². The Morgan fingerprint density at radius 2 is 1.74 bits per heavy atom. The summed E-state index contributed by atoms with van der Waals surface area (Å²) < 4.78 is 0. The number of carboxylic acid groups (broad SMARTS) is 1. The molecule has 0 aromatic rings. The van der Waals surface area contributed by atoms with E-state index in [4.69, 9.17) is 22.9 Å². The summed E-state index contributed by atoms with van der Waals surface area (Å²) in [5, 5.41) is 23.9. The van der Waals surface area contributed by atoms with Crippen LogP contribution in [0.3, 0.4) is 0 Å². The third kappa shape index (κ3) is 9.74. The summed E-state index contributed by atoms with van der Waals surface area (Å²) in [5.74, 6) is -4.26. The zero-order chi connectivity index (χ0) is 26.7. The molecule has 1 fully saturated rings. The van der Waals surface area contributed by atoms with E-state index in [-0.39, 0.29) is 44.7 Å². The quantitative estimate of drug-likeness (QED) is 0.0651. The van der Waals surface area contributed by atoms with Crippen molar-refractivity contribution in [1.29, 1.82) is 0 Å². The molecular weight excluding hydrogens is 464 g/mol. The fraction of sp³-hybridized carbons (Fsp3) is 0.700. The average Bonchev–Trinajstić information content (AvgIpc) is 3.26. The van der Waals surface area contributed by atoms with Crippen LogP contribution in [0.4, 0.5) is 0 Å². The summed E-state index contributed by atoms with van der Waals surface area (Å²) in [6, 6.07) is -4.69. The predicted molar refractivity (Wildman–Crippen MR) is 124 cm³/mol. The third-order valence-corrected chi connectivity index (χ3v) is 5.52. The number of guanidine groups is 1. The summed E-state index contributed by atoms with van der Waals surface area (Å²) >= 11 is 0. The normalized spacial score (nSPS) is 18.6. The fourth-order valence-electron chi connectivity index (χ4n) is 3.56. The van der Waals surface area contributed by atoms with Gasteiger partial charge in [0, 0.05) is 19.5 Å². The summed E-state index contributed by atoms with van der Waals surface area (Å²) in [4.78, 5) is 66.0. The lowest BCUT2D eigenvalue weighted by Gasteiger charge is -2.29. The van der Waals surface area contributed by atoms with E-state index < -0.39 is 59.9 Å². The second kappa shape index (κ2) is 14.1. The molecule has 4 amide bonds. The van der Waals surface area contributed by atoms with Crippen LogP contribution in [0.5, 0.6) is 0 Å². The van der Waals surface area contributed by atoms with E-state index in [0.717, 1.165) is 0 Å². The molecule has 1 aliphatic heterocycles. The number of rotatable bonds is 14. The molecule has 1 rings (SSSR count). The van der Waals surface area contributed by atoms with Crippen LogP contribution in [0.2, 0.25) is 0 Å². The summed E-state index contributed by atoms with van der Waals surface area (Å²) in [6.07, 6.45) is -0.433. The monoisotopic (exact) mass is 500 g/mol. The lowest BCUT2D eigenvalue weighted by Crippen LogP contribution is -2.57. The zero-order valence-electron chi connectivity index (χ0n) is 19.7. The largest absolute Gasteiger partial charge is 0.480 e. The van der Waals surface area contributed by atoms with Crippen molar-refractivity contribution in [3.8, 4) is 0 Å². The van der Waals surface area contributed by atoms with Crippen LogP contribution < -0.4 is 33.6 Å². The topological polar surface area (TPSA) is 270 Å². The van der Waals surface area contributed by atoms with Crippen LogP contribution >= 0.6 is 0 Å². The number of amides is 4. The molecule has 0 saturated carbocycles. The number of nitrogens with zero attached hydrogens (tertiary/aromatic N) is 2. The van der Waals surface area contributed by atoms with Gasteiger partial charge in [-0.2, -0.15) is 0 Å². The van der Waals surface area contributed by atoms with Crippen molar-refractivity contribution in [3.05, 3.63) is 0 Å². The second-order valence-electron chi connectivity index (χ2n) is 8.37. The van der Waals surface area contributed by atoms with Gasteiger partial charge in [-0.15, -0.1) is 0 Å². The van der Waals surface area contributed by atoms with Crippen LogP contribution in [0, 0.1) is 0 Å². The lowest BCUT2D eigenvalue weighted by atomic mass is 10.1. The molecule has 5 unspecified atom stereocenters. The Bertz CT molecular complexity index is 815. The first kappa shape index (κ1) is 29.6. The third-order valence-electron chi connectivity index (χ3n) is 5.52. The molecule has 15 heteroatoms. The van der Waals surface area contributed by atoms with Gasteiger partial charge in [-0.3, -0.25) is 24.2 Å². The van der Waals surface area contributed by atoms with Gasteiger partial charge in [0.15, 0.2) is 5.96 Å². The highest BCUT2D eigenvalue weighted by Crippen LogP contribution is 2.19. The van der Waals surface area contributed by atoms with E-state index >= 15 is 0 Å². The SMILES string of the molecule is CC(O)C(N)C(=O)N1CCCC1C(=O)NC(CCCN=C(N)N)C(=O)NC(CCC(N)=O)C(=O)O. The van der Waals surface area contributed by atoms with Crippen LogP contribution in [0.1, 0.15) is 45.4 Å². The van der Waals surface area contributed by atoms with Crippen LogP contribution in [0.15, 0.2) is 4.99 Å². The Hall–Kier alpha value is -3.46. The number of aliphatic imine (C=N–C) groups is 1. The number of carboxylic acids is 1. The molecular formula is C20H36N8O7. The van der Waals surface area contributed by atoms with E-state index in [0.29, 0.717) is 12.8 Å². The molecule has 1 heterocycles. The number of hydrogen-bond donors (Lipinski definition) is 8. The van der Waals surface area contributed by atoms with E-state index in [2.05, 4.69) is 15.6 Å². The van der Waals surface area contributed by atoms with Crippen molar-refractivity contribution in [2.45, 2.75) is 75.7 Å². The number of hydrogen-bond acceptors (Lipinski definition) is 8. The maximum Gasteiger partial charge on any atom is 0.326 e. The number of likely N-dealkylation sites (tertiary alicyclic amines) is 1. The van der Waals surface area contributed by atoms with Gasteiger partial charge in [0.25, 0.3) is 0 Å². The van der Waals surface area contributed by atoms with Gasteiger partial charge in [0.2, 0.25) is 23.6 Å². The first-order chi connectivity index (χ1) is 16.3. The van der Waals surface area contributed by atoms with Gasteiger partial charge in [0.05, 0.1) is 6.10 Å². The molecule has 1 aliphatic rings. The van der Waals surface area contributed by atoms with Crippen molar-refractivity contribution in [2.75, 3.05) is 13.1 Å². The number of nitrogens with one attached hydrogen (secondary N) is 2. The fourth-order valence-corrected chi connectivity index (χ4v) is 3.56. The minimum Gasteiger partial charge on any atom is -0.480 e. The molecule has 35 heavy (non-hydrogen) atoms.